The van der Waals surface area contributed by atoms with Crippen LogP contribution in [0.2, 0.25) is 0 Å². The zero-order chi connectivity index (χ0) is 13.4. The van der Waals surface area contributed by atoms with Crippen molar-refractivity contribution in [1.82, 2.24) is 0 Å². The summed E-state index contributed by atoms with van der Waals surface area (Å²) in [5.41, 5.74) is 6.29. The van der Waals surface area contributed by atoms with Crippen molar-refractivity contribution in [2.45, 2.75) is 6.04 Å². The molecular formula is C16H13NO2. The molecule has 0 amide bonds. The van der Waals surface area contributed by atoms with Crippen molar-refractivity contribution in [3.05, 3.63) is 60.2 Å². The largest absolute Gasteiger partial charge is 0.480 e. The summed E-state index contributed by atoms with van der Waals surface area (Å²) in [6.45, 7) is 0. The van der Waals surface area contributed by atoms with Crippen molar-refractivity contribution in [2.24, 2.45) is 5.73 Å². The fraction of sp³-hybridized carbons (Fsp3) is 0.0625. The average Bonchev–Trinajstić information content (AvgIpc) is 2.45. The lowest BCUT2D eigenvalue weighted by Crippen LogP contribution is -2.20. The van der Waals surface area contributed by atoms with Gasteiger partial charge in [-0.3, -0.25) is 4.79 Å². The van der Waals surface area contributed by atoms with E-state index in [0.717, 1.165) is 21.5 Å². The number of nitrogens with two attached hydrogens (primary N) is 1. The van der Waals surface area contributed by atoms with Crippen molar-refractivity contribution < 1.29 is 9.90 Å². The second kappa shape index (κ2) is 4.37. The Bertz CT molecular complexity index is 780. The monoisotopic (exact) mass is 251 g/mol. The first kappa shape index (κ1) is 11.7. The topological polar surface area (TPSA) is 63.3 Å². The first-order chi connectivity index (χ1) is 9.16. The molecular weight excluding hydrogens is 238 g/mol. The summed E-state index contributed by atoms with van der Waals surface area (Å²) in [6.07, 6.45) is 0. The predicted molar refractivity (Wildman–Crippen MR) is 76.0 cm³/mol. The highest BCUT2D eigenvalue weighted by Gasteiger charge is 2.14. The summed E-state index contributed by atoms with van der Waals surface area (Å²) in [5.74, 6) is -1.01. The lowest BCUT2D eigenvalue weighted by atomic mass is 9.98. The molecule has 0 aliphatic carbocycles. The first-order valence-corrected chi connectivity index (χ1v) is 6.06. The normalized spacial score (nSPS) is 12.7. The molecule has 3 aromatic carbocycles. The molecule has 0 saturated heterocycles. The molecule has 3 heteroatoms. The number of benzene rings is 3. The van der Waals surface area contributed by atoms with Crippen LogP contribution in [0.3, 0.4) is 0 Å². The average molecular weight is 251 g/mol. The van der Waals surface area contributed by atoms with Gasteiger partial charge in [0.1, 0.15) is 6.04 Å². The maximum atomic E-state index is 11.0. The Morgan fingerprint density at radius 1 is 0.947 bits per heavy atom. The number of carboxylic acids is 1. The minimum absolute atomic E-state index is 0.622. The summed E-state index contributed by atoms with van der Waals surface area (Å²) in [4.78, 5) is 11.0. The summed E-state index contributed by atoms with van der Waals surface area (Å²) in [7, 11) is 0. The maximum Gasteiger partial charge on any atom is 0.325 e. The number of carbonyl (C=O) groups is 1. The van der Waals surface area contributed by atoms with E-state index in [-0.39, 0.29) is 0 Å². The number of aliphatic carboxylic acids is 1. The van der Waals surface area contributed by atoms with Gasteiger partial charge in [0.15, 0.2) is 0 Å². The van der Waals surface area contributed by atoms with Crippen LogP contribution in [0.15, 0.2) is 54.6 Å². The van der Waals surface area contributed by atoms with Crippen LogP contribution in [0.5, 0.6) is 0 Å². The van der Waals surface area contributed by atoms with Gasteiger partial charge >= 0.3 is 5.97 Å². The van der Waals surface area contributed by atoms with Crippen molar-refractivity contribution in [2.75, 3.05) is 0 Å². The van der Waals surface area contributed by atoms with Gasteiger partial charge in [0, 0.05) is 0 Å². The molecule has 3 nitrogen and oxygen atoms in total. The van der Waals surface area contributed by atoms with E-state index in [1.54, 1.807) is 6.07 Å². The molecule has 3 rings (SSSR count). The quantitative estimate of drug-likeness (QED) is 0.688. The molecule has 3 N–H and O–H groups in total. The van der Waals surface area contributed by atoms with E-state index < -0.39 is 12.0 Å². The van der Waals surface area contributed by atoms with Crippen LogP contribution in [0.1, 0.15) is 11.6 Å². The van der Waals surface area contributed by atoms with Gasteiger partial charge in [0.05, 0.1) is 0 Å². The number of carboxylic acid groups (broad SMARTS) is 1. The third-order valence-electron chi connectivity index (χ3n) is 3.40. The van der Waals surface area contributed by atoms with Crippen molar-refractivity contribution >= 4 is 27.5 Å². The Balaban J connectivity index is 2.31. The number of hydrogen-bond donors (Lipinski definition) is 2. The number of fused-ring (bicyclic) bond motifs is 3. The Hall–Kier alpha value is -2.39. The fourth-order valence-corrected chi connectivity index (χ4v) is 2.36. The molecule has 0 heterocycles. The van der Waals surface area contributed by atoms with Crippen LogP contribution >= 0.6 is 0 Å². The highest BCUT2D eigenvalue weighted by molar-refractivity contribution is 6.07. The minimum Gasteiger partial charge on any atom is -0.480 e. The van der Waals surface area contributed by atoms with E-state index >= 15 is 0 Å². The molecule has 94 valence electrons. The standard InChI is InChI=1S/C16H13NO2/c17-15(16(18)19)12-8-7-11-6-5-10-3-1-2-4-13(10)14(11)9-12/h1-9,15H,17H2,(H,18,19)/t15-/m0/s1. The zero-order valence-corrected chi connectivity index (χ0v) is 10.2. The Morgan fingerprint density at radius 3 is 2.32 bits per heavy atom. The Labute approximate surface area is 110 Å². The van der Waals surface area contributed by atoms with E-state index in [0.29, 0.717) is 5.56 Å². The van der Waals surface area contributed by atoms with Gasteiger partial charge in [0.2, 0.25) is 0 Å². The molecule has 0 fully saturated rings. The molecule has 0 bridgehead atoms. The third kappa shape index (κ3) is 1.94. The van der Waals surface area contributed by atoms with Gasteiger partial charge in [-0.1, -0.05) is 48.5 Å². The molecule has 3 aromatic rings. The molecule has 19 heavy (non-hydrogen) atoms. The molecule has 0 aliphatic heterocycles. The number of rotatable bonds is 2. The van der Waals surface area contributed by atoms with Crippen molar-refractivity contribution in [3.8, 4) is 0 Å². The fourth-order valence-electron chi connectivity index (χ4n) is 2.36. The van der Waals surface area contributed by atoms with Crippen LogP contribution in [0, 0.1) is 0 Å². The van der Waals surface area contributed by atoms with Crippen LogP contribution < -0.4 is 5.73 Å². The van der Waals surface area contributed by atoms with Gasteiger partial charge < -0.3 is 10.8 Å². The van der Waals surface area contributed by atoms with Gasteiger partial charge in [-0.2, -0.15) is 0 Å². The first-order valence-electron chi connectivity index (χ1n) is 6.06. The maximum absolute atomic E-state index is 11.0. The second-order valence-electron chi connectivity index (χ2n) is 4.58. The van der Waals surface area contributed by atoms with E-state index in [1.807, 2.05) is 42.5 Å². The summed E-state index contributed by atoms with van der Waals surface area (Å²) in [6, 6.07) is 16.7. The van der Waals surface area contributed by atoms with Gasteiger partial charge in [-0.05, 0) is 33.2 Å². The lowest BCUT2D eigenvalue weighted by molar-refractivity contribution is -0.138. The zero-order valence-electron chi connectivity index (χ0n) is 10.2. The van der Waals surface area contributed by atoms with Crippen LogP contribution in [0.4, 0.5) is 0 Å². The second-order valence-corrected chi connectivity index (χ2v) is 4.58. The molecule has 0 saturated carbocycles. The summed E-state index contributed by atoms with van der Waals surface area (Å²) in [5, 5.41) is 13.4. The molecule has 0 aromatic heterocycles. The smallest absolute Gasteiger partial charge is 0.325 e. The van der Waals surface area contributed by atoms with Gasteiger partial charge in [-0.15, -0.1) is 0 Å². The number of hydrogen-bond acceptors (Lipinski definition) is 2. The van der Waals surface area contributed by atoms with Crippen molar-refractivity contribution in [1.29, 1.82) is 0 Å². The molecule has 0 unspecified atom stereocenters. The van der Waals surface area contributed by atoms with E-state index in [4.69, 9.17) is 10.8 Å². The Kier molecular flexibility index (Phi) is 2.69. The van der Waals surface area contributed by atoms with E-state index in [9.17, 15) is 4.79 Å². The van der Waals surface area contributed by atoms with Crippen molar-refractivity contribution in [3.63, 3.8) is 0 Å². The van der Waals surface area contributed by atoms with Gasteiger partial charge in [0.25, 0.3) is 0 Å². The summed E-state index contributed by atoms with van der Waals surface area (Å²) < 4.78 is 0. The molecule has 0 aliphatic rings. The SMILES string of the molecule is N[C@H](C(=O)O)c1ccc2ccc3ccccc3c2c1. The predicted octanol–water partition coefficient (Wildman–Crippen LogP) is 3.08. The lowest BCUT2D eigenvalue weighted by Gasteiger charge is -2.09. The van der Waals surface area contributed by atoms with E-state index in [2.05, 4.69) is 6.07 Å². The molecule has 0 radical (unpaired) electrons. The van der Waals surface area contributed by atoms with Crippen LogP contribution in [-0.4, -0.2) is 11.1 Å². The highest BCUT2D eigenvalue weighted by atomic mass is 16.4. The van der Waals surface area contributed by atoms with Crippen LogP contribution in [-0.2, 0) is 4.79 Å². The van der Waals surface area contributed by atoms with Crippen LogP contribution in [0.25, 0.3) is 21.5 Å². The highest BCUT2D eigenvalue weighted by Crippen LogP contribution is 2.27. The third-order valence-corrected chi connectivity index (χ3v) is 3.40. The molecule has 0 spiro atoms. The Morgan fingerprint density at radius 2 is 1.58 bits per heavy atom. The molecule has 1 atom stereocenters. The van der Waals surface area contributed by atoms with Gasteiger partial charge in [-0.25, -0.2) is 0 Å². The summed E-state index contributed by atoms with van der Waals surface area (Å²) >= 11 is 0. The minimum atomic E-state index is -1.01. The van der Waals surface area contributed by atoms with E-state index in [1.165, 1.54) is 0 Å².